The van der Waals surface area contributed by atoms with Crippen LogP contribution in [-0.4, -0.2) is 31.9 Å². The van der Waals surface area contributed by atoms with E-state index in [1.54, 1.807) is 52.4 Å². The average Bonchev–Trinajstić information content (AvgIpc) is 0.755. The van der Waals surface area contributed by atoms with Gasteiger partial charge >= 0.3 is 27.1 Å². The largest absolute Gasteiger partial charge is 0.473 e. The summed E-state index contributed by atoms with van der Waals surface area (Å²) in [5, 5.41) is 1.86. The van der Waals surface area contributed by atoms with E-state index in [9.17, 15) is 26.3 Å². The second kappa shape index (κ2) is 22.0. The Morgan fingerprint density at radius 2 is 0.778 bits per heavy atom. The Labute approximate surface area is 512 Å². The van der Waals surface area contributed by atoms with E-state index in [0.717, 1.165) is 63.5 Å². The van der Waals surface area contributed by atoms with E-state index in [1.807, 2.05) is 115 Å². The van der Waals surface area contributed by atoms with E-state index in [2.05, 4.69) is 26.9 Å². The predicted octanol–water partition coefficient (Wildman–Crippen LogP) is 14.8. The third kappa shape index (κ3) is 9.96. The van der Waals surface area contributed by atoms with E-state index in [-0.39, 0.29) is 49.0 Å². The maximum Gasteiger partial charge on any atom is 0.416 e. The number of rotatable bonds is 6. The molecule has 6 aliphatic rings. The number of fused-ring (bicyclic) bond motifs is 10. The summed E-state index contributed by atoms with van der Waals surface area (Å²) >= 11 is 0. The van der Waals surface area contributed by atoms with Crippen molar-refractivity contribution in [1.29, 1.82) is 0 Å². The molecule has 2 unspecified atom stereocenters. The lowest BCUT2D eigenvalue weighted by molar-refractivity contribution is -0.138. The third-order valence-electron chi connectivity index (χ3n) is 16.7. The summed E-state index contributed by atoms with van der Waals surface area (Å²) < 4.78 is 151. The lowest BCUT2D eigenvalue weighted by atomic mass is 10.0. The minimum absolute atomic E-state index is 0.0110. The first-order chi connectivity index (χ1) is 43.6. The van der Waals surface area contributed by atoms with Gasteiger partial charge in [-0.15, -0.1) is 0 Å². The molecule has 0 N–H and O–H groups in total. The Hall–Kier alpha value is -9.83. The van der Waals surface area contributed by atoms with Crippen LogP contribution in [-0.2, 0) is 47.7 Å². The fourth-order valence-electron chi connectivity index (χ4n) is 12.5. The SMILES string of the molecule is O=P1(c2c3c(cc4c2OCN(c2cccc(C(F)(F)F)c2)C4)OCN(c2cccc(C(F)(F)F)c2)C3)Oc2ccccc2-c2ccccc21.O=P1(c2c3c(cc4c2OCN(c2cccnc2)C4)OCN(c2ccccc2)C3)Oc2ccccc2-c2ccccc21. The molecule has 9 aromatic carbocycles. The van der Waals surface area contributed by atoms with E-state index in [4.69, 9.17) is 28.0 Å². The highest BCUT2D eigenvalue weighted by Gasteiger charge is 2.48. The van der Waals surface area contributed by atoms with Gasteiger partial charge in [-0.25, -0.2) is 0 Å². The van der Waals surface area contributed by atoms with Crippen LogP contribution in [0.5, 0.6) is 34.5 Å². The molecule has 1 aromatic heterocycles. The number of ether oxygens (including phenoxy) is 4. The Morgan fingerprint density at radius 3 is 1.26 bits per heavy atom. The van der Waals surface area contributed by atoms with Crippen LogP contribution in [0, 0.1) is 0 Å². The van der Waals surface area contributed by atoms with E-state index in [1.165, 1.54) is 18.2 Å². The molecule has 0 radical (unpaired) electrons. The number of anilines is 4. The quantitative estimate of drug-likeness (QED) is 0.116. The molecule has 90 heavy (non-hydrogen) atoms. The Balaban J connectivity index is 0.000000152. The van der Waals surface area contributed by atoms with Gasteiger partial charge in [-0.3, -0.25) is 14.1 Å². The monoisotopic (exact) mass is 1250 g/mol. The van der Waals surface area contributed by atoms with E-state index >= 15 is 9.13 Å². The summed E-state index contributed by atoms with van der Waals surface area (Å²) in [6.45, 7) is 1.57. The summed E-state index contributed by atoms with van der Waals surface area (Å²) in [4.78, 5) is 11.7. The molecule has 0 amide bonds. The van der Waals surface area contributed by atoms with Gasteiger partial charge in [0.05, 0.1) is 59.8 Å². The van der Waals surface area contributed by atoms with Gasteiger partial charge in [0.2, 0.25) is 0 Å². The normalized spacial score (nSPS) is 18.4. The first-order valence-electron chi connectivity index (χ1n) is 28.8. The van der Waals surface area contributed by atoms with Crippen molar-refractivity contribution >= 4 is 58.7 Å². The van der Waals surface area contributed by atoms with Crippen molar-refractivity contribution in [1.82, 2.24) is 4.98 Å². The number of pyridine rings is 1. The zero-order valence-electron chi connectivity index (χ0n) is 47.5. The molecule has 0 fully saturated rings. The van der Waals surface area contributed by atoms with Gasteiger partial charge in [-0.05, 0) is 108 Å². The number of aromatic nitrogens is 1. The summed E-state index contributed by atoms with van der Waals surface area (Å²) in [6, 6.07) is 57.4. The maximum absolute atomic E-state index is 15.6. The van der Waals surface area contributed by atoms with Crippen molar-refractivity contribution in [3.05, 3.63) is 246 Å². The second-order valence-corrected chi connectivity index (χ2v) is 26.7. The molecule has 0 saturated heterocycles. The van der Waals surface area contributed by atoms with Gasteiger partial charge in [0.15, 0.2) is 26.9 Å². The van der Waals surface area contributed by atoms with Crippen molar-refractivity contribution in [2.75, 3.05) is 46.5 Å². The van der Waals surface area contributed by atoms with Gasteiger partial charge in [0.1, 0.15) is 45.1 Å². The van der Waals surface area contributed by atoms with E-state index < -0.39 is 38.2 Å². The molecule has 10 aromatic rings. The predicted molar refractivity (Wildman–Crippen MR) is 332 cm³/mol. The van der Waals surface area contributed by atoms with Gasteiger partial charge in [-0.2, -0.15) is 26.3 Å². The Morgan fingerprint density at radius 1 is 0.378 bits per heavy atom. The smallest absolute Gasteiger partial charge is 0.416 e. The van der Waals surface area contributed by atoms with Gasteiger partial charge in [0, 0.05) is 56.6 Å². The Kier molecular flexibility index (Phi) is 13.9. The van der Waals surface area contributed by atoms with Crippen molar-refractivity contribution in [2.24, 2.45) is 0 Å². The molecule has 2 atom stereocenters. The fraction of sp³-hybridized carbons (Fsp3) is 0.145. The second-order valence-electron chi connectivity index (χ2n) is 22.2. The number of para-hydroxylation sites is 3. The first-order valence-corrected chi connectivity index (χ1v) is 32.0. The minimum atomic E-state index is -4.56. The molecular formula is C69H51F6N5O8P2. The lowest BCUT2D eigenvalue weighted by Gasteiger charge is -2.39. The summed E-state index contributed by atoms with van der Waals surface area (Å²) in [5.74, 6) is 2.85. The third-order valence-corrected chi connectivity index (χ3v) is 21.8. The van der Waals surface area contributed by atoms with Gasteiger partial charge in [-0.1, -0.05) is 103 Å². The molecule has 7 heterocycles. The number of hydrogen-bond donors (Lipinski definition) is 0. The number of hydrogen-bond acceptors (Lipinski definition) is 13. The van der Waals surface area contributed by atoms with Crippen LogP contribution in [0.3, 0.4) is 0 Å². The highest BCUT2D eigenvalue weighted by Crippen LogP contribution is 2.60. The van der Waals surface area contributed by atoms with Crippen molar-refractivity contribution < 1.29 is 63.5 Å². The fourth-order valence-corrected chi connectivity index (χ4v) is 17.8. The van der Waals surface area contributed by atoms with Crippen LogP contribution in [0.2, 0.25) is 0 Å². The van der Waals surface area contributed by atoms with Crippen LogP contribution in [0.15, 0.2) is 213 Å². The van der Waals surface area contributed by atoms with Crippen LogP contribution < -0.4 is 68.8 Å². The van der Waals surface area contributed by atoms with Gasteiger partial charge in [0.25, 0.3) is 0 Å². The molecule has 0 spiro atoms. The zero-order chi connectivity index (χ0) is 61.5. The number of halogens is 6. The van der Waals surface area contributed by atoms with Crippen LogP contribution in [0.25, 0.3) is 22.3 Å². The zero-order valence-corrected chi connectivity index (χ0v) is 49.3. The average molecular weight is 1250 g/mol. The number of benzene rings is 9. The molecule has 0 aliphatic carbocycles. The Bertz CT molecular complexity index is 4580. The van der Waals surface area contributed by atoms with Crippen molar-refractivity contribution in [2.45, 2.75) is 38.5 Å². The van der Waals surface area contributed by atoms with Crippen molar-refractivity contribution in [3.8, 4) is 56.8 Å². The lowest BCUT2D eigenvalue weighted by Crippen LogP contribution is -2.40. The molecule has 16 rings (SSSR count). The van der Waals surface area contributed by atoms with Crippen LogP contribution in [0.4, 0.5) is 49.1 Å². The maximum atomic E-state index is 15.6. The summed E-state index contributed by atoms with van der Waals surface area (Å²) in [5.41, 5.74) is 6.76. The standard InChI is InChI=1S/C36H25F6N2O4P.C33H26N3O4P/c37-35(38,39)23-7-5-9-25(16-23)43-18-22-15-31-29(19-44(20-46-31)26-10-6-8-24(17-26)36(40,41)42)34(33(22)47-21-43)49(45)32-14-4-2-12-28(32)27-11-1-3-13-30(27)48-49;37-41(31-15-7-5-13-27(31)26-12-4-6-14-29(26)40-41)33-28-20-36(24-9-2-1-3-10-24)21-38-30(28)17-23-19-35(22-39-32(23)33)25-11-8-16-34-18-25/h1-17H,18-21H2;1-18H,19-22H2. The molecule has 0 saturated carbocycles. The molecule has 21 heteroatoms. The summed E-state index contributed by atoms with van der Waals surface area (Å²) in [6.07, 6.45) is -5.53. The van der Waals surface area contributed by atoms with Crippen LogP contribution in [0.1, 0.15) is 33.4 Å². The summed E-state index contributed by atoms with van der Waals surface area (Å²) in [7, 11) is -7.74. The van der Waals surface area contributed by atoms with Gasteiger partial charge < -0.3 is 47.6 Å². The molecule has 0 bridgehead atoms. The topological polar surface area (TPSA) is 115 Å². The highest BCUT2D eigenvalue weighted by atomic mass is 31.2. The van der Waals surface area contributed by atoms with Crippen molar-refractivity contribution in [3.63, 3.8) is 0 Å². The first kappa shape index (κ1) is 56.7. The number of nitrogens with zero attached hydrogens (tertiary/aromatic N) is 5. The molecule has 452 valence electrons. The minimum Gasteiger partial charge on any atom is -0.473 e. The molecule has 13 nitrogen and oxygen atoms in total. The highest BCUT2D eigenvalue weighted by molar-refractivity contribution is 7.75. The molecular weight excluding hydrogens is 1200 g/mol. The van der Waals surface area contributed by atoms with E-state index in [0.29, 0.717) is 87.9 Å². The molecule has 6 aliphatic heterocycles. The van der Waals surface area contributed by atoms with Crippen LogP contribution >= 0.6 is 14.7 Å². The number of alkyl halides is 6.